The first-order valence-corrected chi connectivity index (χ1v) is 6.09. The third kappa shape index (κ3) is 4.20. The van der Waals surface area contributed by atoms with Crippen LogP contribution in [-0.2, 0) is 4.79 Å². The highest BCUT2D eigenvalue weighted by Gasteiger charge is 2.30. The largest absolute Gasteiger partial charge is 0.353 e. The van der Waals surface area contributed by atoms with Crippen molar-refractivity contribution in [2.45, 2.75) is 58.5 Å². The van der Waals surface area contributed by atoms with E-state index in [1.165, 1.54) is 12.8 Å². The quantitative estimate of drug-likeness (QED) is 0.703. The van der Waals surface area contributed by atoms with E-state index < -0.39 is 0 Å². The maximum Gasteiger partial charge on any atom is 0.221 e. The summed E-state index contributed by atoms with van der Waals surface area (Å²) in [6, 6.07) is 0.336. The van der Waals surface area contributed by atoms with Gasteiger partial charge in [-0.15, -0.1) is 0 Å². The van der Waals surface area contributed by atoms with E-state index >= 15 is 0 Å². The van der Waals surface area contributed by atoms with E-state index in [1.807, 2.05) is 0 Å². The van der Waals surface area contributed by atoms with E-state index in [2.05, 4.69) is 26.1 Å². The number of nitrogens with one attached hydrogen (secondary N) is 1. The fraction of sp³-hybridized carbons (Fsp3) is 0.917. The average Bonchev–Trinajstić information content (AvgIpc) is 2.99. The van der Waals surface area contributed by atoms with Crippen molar-refractivity contribution in [2.75, 3.05) is 0 Å². The van der Waals surface area contributed by atoms with Crippen LogP contribution >= 0.6 is 0 Å². The molecular formula is C12H24N2O. The van der Waals surface area contributed by atoms with Crippen molar-refractivity contribution in [3.05, 3.63) is 0 Å². The van der Waals surface area contributed by atoms with Crippen LogP contribution in [0.1, 0.15) is 46.5 Å². The van der Waals surface area contributed by atoms with Crippen molar-refractivity contribution < 1.29 is 4.79 Å². The Bertz CT molecular complexity index is 214. The Morgan fingerprint density at radius 3 is 2.53 bits per heavy atom. The number of carbonyl (C=O) groups excluding carboxylic acids is 1. The molecule has 1 saturated carbocycles. The molecule has 0 radical (unpaired) electrons. The van der Waals surface area contributed by atoms with Crippen molar-refractivity contribution in [1.82, 2.24) is 5.32 Å². The highest BCUT2D eigenvalue weighted by atomic mass is 16.1. The molecule has 1 aliphatic rings. The second-order valence-corrected chi connectivity index (χ2v) is 4.95. The Labute approximate surface area is 92.8 Å². The fourth-order valence-corrected chi connectivity index (χ4v) is 1.71. The Kier molecular flexibility index (Phi) is 4.58. The van der Waals surface area contributed by atoms with Gasteiger partial charge in [-0.1, -0.05) is 20.3 Å². The first kappa shape index (κ1) is 12.5. The maximum absolute atomic E-state index is 11.6. The third-order valence-electron chi connectivity index (χ3n) is 3.53. The maximum atomic E-state index is 11.6. The van der Waals surface area contributed by atoms with Gasteiger partial charge in [0.05, 0.1) is 0 Å². The van der Waals surface area contributed by atoms with Crippen molar-refractivity contribution in [1.29, 1.82) is 0 Å². The standard InChI is InChI=1S/C12H24N2O/c1-4-8(2)9(3)14-12(15)7-11(13)10-5-6-10/h8-11H,4-7,13H2,1-3H3,(H,14,15). The summed E-state index contributed by atoms with van der Waals surface area (Å²) in [7, 11) is 0. The van der Waals surface area contributed by atoms with Crippen LogP contribution in [0.25, 0.3) is 0 Å². The second-order valence-electron chi connectivity index (χ2n) is 4.95. The molecule has 0 spiro atoms. The molecule has 1 rings (SSSR count). The molecule has 3 atom stereocenters. The molecule has 0 aliphatic heterocycles. The molecule has 1 amide bonds. The summed E-state index contributed by atoms with van der Waals surface area (Å²) in [6.45, 7) is 6.36. The molecule has 0 aromatic heterocycles. The molecule has 1 fully saturated rings. The van der Waals surface area contributed by atoms with Gasteiger partial charge in [-0.25, -0.2) is 0 Å². The molecule has 88 valence electrons. The lowest BCUT2D eigenvalue weighted by Crippen LogP contribution is -2.40. The van der Waals surface area contributed by atoms with E-state index in [4.69, 9.17) is 5.73 Å². The van der Waals surface area contributed by atoms with Crippen LogP contribution in [-0.4, -0.2) is 18.0 Å². The fourth-order valence-electron chi connectivity index (χ4n) is 1.71. The van der Waals surface area contributed by atoms with Gasteiger partial charge in [0, 0.05) is 18.5 Å². The van der Waals surface area contributed by atoms with Gasteiger partial charge in [-0.05, 0) is 31.6 Å². The molecule has 1 aliphatic carbocycles. The number of carbonyl (C=O) groups is 1. The zero-order valence-electron chi connectivity index (χ0n) is 10.1. The summed E-state index contributed by atoms with van der Waals surface area (Å²) in [4.78, 5) is 11.6. The van der Waals surface area contributed by atoms with E-state index in [-0.39, 0.29) is 18.0 Å². The van der Waals surface area contributed by atoms with Crippen LogP contribution in [0.2, 0.25) is 0 Å². The SMILES string of the molecule is CCC(C)C(C)NC(=O)CC(N)C1CC1. The number of amides is 1. The minimum atomic E-state index is 0.0779. The van der Waals surface area contributed by atoms with Crippen molar-refractivity contribution in [2.24, 2.45) is 17.6 Å². The topological polar surface area (TPSA) is 55.1 Å². The minimum absolute atomic E-state index is 0.0779. The van der Waals surface area contributed by atoms with Crippen LogP contribution in [0.15, 0.2) is 0 Å². The molecule has 3 heteroatoms. The molecule has 0 heterocycles. The summed E-state index contributed by atoms with van der Waals surface area (Å²) in [5.41, 5.74) is 5.90. The van der Waals surface area contributed by atoms with Gasteiger partial charge >= 0.3 is 0 Å². The molecule has 0 aromatic carbocycles. The Balaban J connectivity index is 2.22. The van der Waals surface area contributed by atoms with Crippen LogP contribution in [0.3, 0.4) is 0 Å². The smallest absolute Gasteiger partial charge is 0.221 e. The zero-order valence-corrected chi connectivity index (χ0v) is 10.1. The van der Waals surface area contributed by atoms with Crippen LogP contribution < -0.4 is 11.1 Å². The predicted molar refractivity (Wildman–Crippen MR) is 62.4 cm³/mol. The van der Waals surface area contributed by atoms with E-state index in [9.17, 15) is 4.79 Å². The molecule has 3 unspecified atom stereocenters. The van der Waals surface area contributed by atoms with Gasteiger partial charge in [-0.2, -0.15) is 0 Å². The lowest BCUT2D eigenvalue weighted by atomic mass is 10.0. The average molecular weight is 212 g/mol. The summed E-state index contributed by atoms with van der Waals surface area (Å²) in [6.07, 6.45) is 3.99. The van der Waals surface area contributed by atoms with E-state index in [0.717, 1.165) is 6.42 Å². The van der Waals surface area contributed by atoms with Crippen molar-refractivity contribution in [3.8, 4) is 0 Å². The highest BCUT2D eigenvalue weighted by Crippen LogP contribution is 2.32. The monoisotopic (exact) mass is 212 g/mol. The Hall–Kier alpha value is -0.570. The van der Waals surface area contributed by atoms with Crippen LogP contribution in [0.5, 0.6) is 0 Å². The molecule has 0 saturated heterocycles. The van der Waals surface area contributed by atoms with Crippen LogP contribution in [0, 0.1) is 11.8 Å². The molecule has 0 aromatic rings. The lowest BCUT2D eigenvalue weighted by Gasteiger charge is -2.20. The van der Waals surface area contributed by atoms with E-state index in [0.29, 0.717) is 18.3 Å². The van der Waals surface area contributed by atoms with Crippen molar-refractivity contribution >= 4 is 5.91 Å². The third-order valence-corrected chi connectivity index (χ3v) is 3.53. The van der Waals surface area contributed by atoms with Gasteiger partial charge in [0.2, 0.25) is 5.91 Å². The number of rotatable bonds is 6. The number of nitrogens with two attached hydrogens (primary N) is 1. The van der Waals surface area contributed by atoms with Gasteiger partial charge in [0.1, 0.15) is 0 Å². The van der Waals surface area contributed by atoms with Gasteiger partial charge in [0.15, 0.2) is 0 Å². The molecule has 15 heavy (non-hydrogen) atoms. The van der Waals surface area contributed by atoms with Gasteiger partial charge in [-0.3, -0.25) is 4.79 Å². The van der Waals surface area contributed by atoms with Gasteiger partial charge in [0.25, 0.3) is 0 Å². The minimum Gasteiger partial charge on any atom is -0.353 e. The first-order chi connectivity index (χ1) is 7.04. The molecular weight excluding hydrogens is 188 g/mol. The number of hydrogen-bond acceptors (Lipinski definition) is 2. The Morgan fingerprint density at radius 1 is 1.47 bits per heavy atom. The lowest BCUT2D eigenvalue weighted by molar-refractivity contribution is -0.122. The molecule has 3 N–H and O–H groups in total. The van der Waals surface area contributed by atoms with Gasteiger partial charge < -0.3 is 11.1 Å². The molecule has 3 nitrogen and oxygen atoms in total. The first-order valence-electron chi connectivity index (χ1n) is 6.09. The molecule has 0 bridgehead atoms. The summed E-state index contributed by atoms with van der Waals surface area (Å²) in [5.74, 6) is 1.25. The summed E-state index contributed by atoms with van der Waals surface area (Å²) < 4.78 is 0. The summed E-state index contributed by atoms with van der Waals surface area (Å²) >= 11 is 0. The van der Waals surface area contributed by atoms with E-state index in [1.54, 1.807) is 0 Å². The van der Waals surface area contributed by atoms with Crippen molar-refractivity contribution in [3.63, 3.8) is 0 Å². The zero-order chi connectivity index (χ0) is 11.4. The summed E-state index contributed by atoms with van der Waals surface area (Å²) in [5, 5.41) is 3.03. The normalized spacial score (nSPS) is 21.9. The van der Waals surface area contributed by atoms with Crippen LogP contribution in [0.4, 0.5) is 0 Å². The Morgan fingerprint density at radius 2 is 2.07 bits per heavy atom. The predicted octanol–water partition coefficient (Wildman–Crippen LogP) is 1.66. The second kappa shape index (κ2) is 5.50. The number of hydrogen-bond donors (Lipinski definition) is 2. The highest BCUT2D eigenvalue weighted by molar-refractivity contribution is 5.76.